The number of ether oxygens (including phenoxy) is 1. The highest BCUT2D eigenvalue weighted by atomic mass is 16.7. The molecule has 1 atom stereocenters. The van der Waals surface area contributed by atoms with Crippen molar-refractivity contribution in [2.75, 3.05) is 6.61 Å². The van der Waals surface area contributed by atoms with Gasteiger partial charge in [-0.3, -0.25) is 4.79 Å². The zero-order valence-corrected chi connectivity index (χ0v) is 15.0. The highest BCUT2D eigenvalue weighted by Crippen LogP contribution is 2.41. The van der Waals surface area contributed by atoms with Crippen LogP contribution in [0.3, 0.4) is 0 Å². The minimum absolute atomic E-state index is 0.185. The molecule has 0 bridgehead atoms. The zero-order chi connectivity index (χ0) is 17.3. The number of carbonyl (C=O) groups excluding carboxylic acids is 1. The Morgan fingerprint density at radius 3 is 2.13 bits per heavy atom. The first-order valence-electron chi connectivity index (χ1n) is 8.24. The molecule has 0 aromatic heterocycles. The predicted octanol–water partition coefficient (Wildman–Crippen LogP) is 3.66. The van der Waals surface area contributed by atoms with Gasteiger partial charge in [0.1, 0.15) is 0 Å². The molecule has 4 nitrogen and oxygen atoms in total. The van der Waals surface area contributed by atoms with Crippen LogP contribution < -0.4 is 0 Å². The summed E-state index contributed by atoms with van der Waals surface area (Å²) < 4.78 is 17.5. The summed E-state index contributed by atoms with van der Waals surface area (Å²) in [6.45, 7) is 12.3. The summed E-state index contributed by atoms with van der Waals surface area (Å²) in [5.41, 5.74) is 1.37. The van der Waals surface area contributed by atoms with Gasteiger partial charge in [0, 0.05) is 5.82 Å². The van der Waals surface area contributed by atoms with Gasteiger partial charge in [0.05, 0.1) is 24.2 Å². The lowest BCUT2D eigenvalue weighted by molar-refractivity contribution is -0.143. The van der Waals surface area contributed by atoms with Gasteiger partial charge in [-0.2, -0.15) is 0 Å². The summed E-state index contributed by atoms with van der Waals surface area (Å²) in [5.74, 6) is -0.413. The van der Waals surface area contributed by atoms with Crippen molar-refractivity contribution in [1.29, 1.82) is 0 Å². The van der Waals surface area contributed by atoms with Crippen LogP contribution in [0.4, 0.5) is 0 Å². The maximum absolute atomic E-state index is 12.0. The second-order valence-corrected chi connectivity index (χ2v) is 7.15. The Labute approximate surface area is 139 Å². The molecule has 1 aliphatic heterocycles. The Balaban J connectivity index is 2.27. The van der Waals surface area contributed by atoms with E-state index in [9.17, 15) is 4.79 Å². The average molecular weight is 318 g/mol. The Kier molecular flexibility index (Phi) is 5.22. The van der Waals surface area contributed by atoms with Crippen LogP contribution in [0, 0.1) is 6.92 Å². The van der Waals surface area contributed by atoms with Crippen molar-refractivity contribution in [2.24, 2.45) is 0 Å². The van der Waals surface area contributed by atoms with Crippen LogP contribution in [0.25, 0.3) is 0 Å². The van der Waals surface area contributed by atoms with Crippen molar-refractivity contribution in [3.8, 4) is 0 Å². The zero-order valence-electron chi connectivity index (χ0n) is 15.0. The van der Waals surface area contributed by atoms with E-state index in [1.165, 1.54) is 5.56 Å². The van der Waals surface area contributed by atoms with E-state index >= 15 is 0 Å². The van der Waals surface area contributed by atoms with Gasteiger partial charge in [-0.05, 0) is 47.1 Å². The van der Waals surface area contributed by atoms with Gasteiger partial charge in [-0.15, -0.1) is 0 Å². The minimum Gasteiger partial charge on any atom is -0.466 e. The molecule has 0 spiro atoms. The molecule has 2 rings (SSSR count). The minimum atomic E-state index is -0.466. The number of carbonyl (C=O) groups is 1. The highest BCUT2D eigenvalue weighted by Gasteiger charge is 2.54. The molecule has 0 aliphatic carbocycles. The summed E-state index contributed by atoms with van der Waals surface area (Å²) >= 11 is 0. The average Bonchev–Trinajstić information content (AvgIpc) is 2.66. The number of hydrogen-bond donors (Lipinski definition) is 0. The van der Waals surface area contributed by atoms with Crippen molar-refractivity contribution in [1.82, 2.24) is 0 Å². The van der Waals surface area contributed by atoms with Crippen molar-refractivity contribution in [3.63, 3.8) is 0 Å². The van der Waals surface area contributed by atoms with Crippen molar-refractivity contribution in [3.05, 3.63) is 35.4 Å². The number of hydrogen-bond acceptors (Lipinski definition) is 4. The monoisotopic (exact) mass is 318 g/mol. The highest BCUT2D eigenvalue weighted by molar-refractivity contribution is 6.48. The molecule has 23 heavy (non-hydrogen) atoms. The van der Waals surface area contributed by atoms with E-state index in [1.807, 2.05) is 65.8 Å². The third kappa shape index (κ3) is 3.96. The summed E-state index contributed by atoms with van der Waals surface area (Å²) in [6.07, 6.45) is 0.244. The third-order valence-corrected chi connectivity index (χ3v) is 4.80. The fourth-order valence-corrected chi connectivity index (χ4v) is 2.64. The van der Waals surface area contributed by atoms with E-state index in [1.54, 1.807) is 0 Å². The van der Waals surface area contributed by atoms with Crippen LogP contribution in [0.15, 0.2) is 24.3 Å². The number of benzene rings is 1. The first kappa shape index (κ1) is 18.0. The van der Waals surface area contributed by atoms with Crippen LogP contribution >= 0.6 is 0 Å². The Bertz CT molecular complexity index is 535. The SMILES string of the molecule is CCOC(=O)CC(B1OC(C)(C)C(C)(C)O1)c1ccc(C)cc1. The van der Waals surface area contributed by atoms with E-state index in [0.717, 1.165) is 5.56 Å². The van der Waals surface area contributed by atoms with E-state index in [4.69, 9.17) is 14.0 Å². The van der Waals surface area contributed by atoms with Crippen LogP contribution in [-0.4, -0.2) is 30.9 Å². The van der Waals surface area contributed by atoms with Gasteiger partial charge >= 0.3 is 13.1 Å². The Hall–Kier alpha value is -1.33. The van der Waals surface area contributed by atoms with Gasteiger partial charge in [0.15, 0.2) is 0 Å². The largest absolute Gasteiger partial charge is 0.466 e. The van der Waals surface area contributed by atoms with Crippen LogP contribution in [0.1, 0.15) is 58.0 Å². The Morgan fingerprint density at radius 2 is 1.65 bits per heavy atom. The van der Waals surface area contributed by atoms with Crippen LogP contribution in [0.5, 0.6) is 0 Å². The molecule has 0 amide bonds. The third-order valence-electron chi connectivity index (χ3n) is 4.80. The fourth-order valence-electron chi connectivity index (χ4n) is 2.64. The quantitative estimate of drug-likeness (QED) is 0.614. The van der Waals surface area contributed by atoms with Gasteiger partial charge in [0.2, 0.25) is 0 Å². The van der Waals surface area contributed by atoms with Gasteiger partial charge in [0.25, 0.3) is 0 Å². The van der Waals surface area contributed by atoms with Crippen molar-refractivity contribution in [2.45, 2.75) is 65.0 Å². The molecule has 0 saturated carbocycles. The number of esters is 1. The summed E-state index contributed by atoms with van der Waals surface area (Å²) in [5, 5.41) is 0. The lowest BCUT2D eigenvalue weighted by atomic mass is 9.66. The number of rotatable bonds is 5. The van der Waals surface area contributed by atoms with E-state index < -0.39 is 18.3 Å². The second kappa shape index (κ2) is 6.66. The normalized spacial score (nSPS) is 20.3. The lowest BCUT2D eigenvalue weighted by Gasteiger charge is -2.32. The first-order chi connectivity index (χ1) is 10.7. The molecule has 5 heteroatoms. The summed E-state index contributed by atoms with van der Waals surface area (Å²) in [6, 6.07) is 8.14. The van der Waals surface area contributed by atoms with Crippen LogP contribution in [0.2, 0.25) is 0 Å². The topological polar surface area (TPSA) is 44.8 Å². The molecule has 0 radical (unpaired) electrons. The maximum Gasteiger partial charge on any atom is 0.466 e. The molecule has 0 N–H and O–H groups in total. The van der Waals surface area contributed by atoms with Gasteiger partial charge in [-0.1, -0.05) is 29.8 Å². The summed E-state index contributed by atoms with van der Waals surface area (Å²) in [7, 11) is -0.466. The lowest BCUT2D eigenvalue weighted by Crippen LogP contribution is -2.41. The molecule has 1 aliphatic rings. The van der Waals surface area contributed by atoms with E-state index in [0.29, 0.717) is 6.61 Å². The molecule has 1 unspecified atom stereocenters. The number of aryl methyl sites for hydroxylation is 1. The van der Waals surface area contributed by atoms with E-state index in [-0.39, 0.29) is 18.2 Å². The molecular weight excluding hydrogens is 291 g/mol. The molecule has 1 heterocycles. The van der Waals surface area contributed by atoms with Gasteiger partial charge < -0.3 is 14.0 Å². The molecule has 126 valence electrons. The second-order valence-electron chi connectivity index (χ2n) is 7.15. The smallest absolute Gasteiger partial charge is 0.466 e. The molecular formula is C18H27BO4. The molecule has 1 fully saturated rings. The summed E-state index contributed by atoms with van der Waals surface area (Å²) in [4.78, 5) is 12.0. The van der Waals surface area contributed by atoms with Crippen LogP contribution in [-0.2, 0) is 18.8 Å². The maximum atomic E-state index is 12.0. The molecule has 1 aromatic carbocycles. The first-order valence-corrected chi connectivity index (χ1v) is 8.24. The standard InChI is InChI=1S/C18H27BO4/c1-7-21-16(20)12-15(14-10-8-13(2)9-11-14)19-22-17(3,4)18(5,6)23-19/h8-11,15H,7,12H2,1-6H3. The van der Waals surface area contributed by atoms with Crippen molar-refractivity contribution < 1.29 is 18.8 Å². The molecule has 1 aromatic rings. The van der Waals surface area contributed by atoms with Crippen molar-refractivity contribution >= 4 is 13.1 Å². The predicted molar refractivity (Wildman–Crippen MR) is 91.3 cm³/mol. The Morgan fingerprint density at radius 1 is 1.13 bits per heavy atom. The molecule has 1 saturated heterocycles. The fraction of sp³-hybridized carbons (Fsp3) is 0.611. The van der Waals surface area contributed by atoms with Gasteiger partial charge in [-0.25, -0.2) is 0 Å². The van der Waals surface area contributed by atoms with E-state index in [2.05, 4.69) is 0 Å².